The third-order valence-electron chi connectivity index (χ3n) is 3.42. The molecular weight excluding hydrogens is 374 g/mol. The Balaban J connectivity index is 1.52. The fourth-order valence-electron chi connectivity index (χ4n) is 2.24. The standard InChI is InChI=1S/C18H14BrNO4/c19-12-5-7-13(8-6-12)23-11-18(22)24-10-17(21)15-9-20-16-4-2-1-3-14(15)16/h1-9,20H,10-11H2. The maximum atomic E-state index is 12.2. The van der Waals surface area contributed by atoms with Crippen LogP contribution in [0.15, 0.2) is 59.2 Å². The van der Waals surface area contributed by atoms with Crippen molar-refractivity contribution >= 4 is 38.6 Å². The molecule has 5 nitrogen and oxygen atoms in total. The van der Waals surface area contributed by atoms with E-state index < -0.39 is 5.97 Å². The smallest absolute Gasteiger partial charge is 0.344 e. The number of halogens is 1. The van der Waals surface area contributed by atoms with E-state index in [4.69, 9.17) is 9.47 Å². The number of hydrogen-bond acceptors (Lipinski definition) is 4. The van der Waals surface area contributed by atoms with E-state index in [0.717, 1.165) is 15.4 Å². The lowest BCUT2D eigenvalue weighted by Gasteiger charge is -2.06. The molecule has 1 heterocycles. The molecule has 0 saturated carbocycles. The van der Waals surface area contributed by atoms with Crippen LogP contribution in [0.2, 0.25) is 0 Å². The molecule has 0 radical (unpaired) electrons. The van der Waals surface area contributed by atoms with Crippen molar-refractivity contribution in [1.29, 1.82) is 0 Å². The normalized spacial score (nSPS) is 10.5. The van der Waals surface area contributed by atoms with E-state index in [9.17, 15) is 9.59 Å². The number of hydrogen-bond donors (Lipinski definition) is 1. The molecule has 0 spiro atoms. The minimum absolute atomic E-state index is 0.247. The van der Waals surface area contributed by atoms with Gasteiger partial charge >= 0.3 is 5.97 Å². The van der Waals surface area contributed by atoms with Crippen LogP contribution in [0.5, 0.6) is 5.75 Å². The largest absolute Gasteiger partial charge is 0.482 e. The molecule has 24 heavy (non-hydrogen) atoms. The van der Waals surface area contributed by atoms with Gasteiger partial charge in [-0.3, -0.25) is 4.79 Å². The Bertz CT molecular complexity index is 870. The number of Topliss-reactive ketones (excluding diaryl/α,β-unsaturated/α-hetero) is 1. The molecule has 2 aromatic carbocycles. The van der Waals surface area contributed by atoms with E-state index >= 15 is 0 Å². The summed E-state index contributed by atoms with van der Waals surface area (Å²) in [4.78, 5) is 26.9. The van der Waals surface area contributed by atoms with Crippen molar-refractivity contribution in [3.05, 3.63) is 64.8 Å². The van der Waals surface area contributed by atoms with Gasteiger partial charge in [-0.15, -0.1) is 0 Å². The quantitative estimate of drug-likeness (QED) is 0.516. The zero-order chi connectivity index (χ0) is 16.9. The highest BCUT2D eigenvalue weighted by Crippen LogP contribution is 2.18. The van der Waals surface area contributed by atoms with E-state index in [0.29, 0.717) is 11.3 Å². The summed E-state index contributed by atoms with van der Waals surface area (Å²) in [6.45, 7) is -0.562. The zero-order valence-electron chi connectivity index (χ0n) is 12.6. The zero-order valence-corrected chi connectivity index (χ0v) is 14.2. The molecule has 1 aromatic heterocycles. The van der Waals surface area contributed by atoms with Gasteiger partial charge in [0.1, 0.15) is 5.75 Å². The van der Waals surface area contributed by atoms with E-state index in [1.165, 1.54) is 0 Å². The molecular formula is C18H14BrNO4. The number of carbonyl (C=O) groups excluding carboxylic acids is 2. The first-order valence-electron chi connectivity index (χ1n) is 7.27. The van der Waals surface area contributed by atoms with Gasteiger partial charge in [0.15, 0.2) is 13.2 Å². The van der Waals surface area contributed by atoms with Crippen LogP contribution in [0.3, 0.4) is 0 Å². The first-order chi connectivity index (χ1) is 11.6. The Hall–Kier alpha value is -2.60. The van der Waals surface area contributed by atoms with E-state index in [1.807, 2.05) is 24.3 Å². The van der Waals surface area contributed by atoms with Crippen molar-refractivity contribution in [2.24, 2.45) is 0 Å². The van der Waals surface area contributed by atoms with Gasteiger partial charge in [0.05, 0.1) is 0 Å². The summed E-state index contributed by atoms with van der Waals surface area (Å²) in [5, 5.41) is 0.810. The lowest BCUT2D eigenvalue weighted by molar-refractivity contribution is -0.144. The van der Waals surface area contributed by atoms with Crippen molar-refractivity contribution < 1.29 is 19.1 Å². The number of carbonyl (C=O) groups is 2. The number of nitrogens with one attached hydrogen (secondary N) is 1. The molecule has 0 aliphatic carbocycles. The summed E-state index contributed by atoms with van der Waals surface area (Å²) in [5.41, 5.74) is 1.37. The summed E-state index contributed by atoms with van der Waals surface area (Å²) >= 11 is 3.31. The summed E-state index contributed by atoms with van der Waals surface area (Å²) in [7, 11) is 0. The predicted octanol–water partition coefficient (Wildman–Crippen LogP) is 3.74. The van der Waals surface area contributed by atoms with Gasteiger partial charge in [0.2, 0.25) is 5.78 Å². The van der Waals surface area contributed by atoms with Crippen LogP contribution in [-0.2, 0) is 9.53 Å². The maximum absolute atomic E-state index is 12.2. The van der Waals surface area contributed by atoms with Crippen molar-refractivity contribution in [2.45, 2.75) is 0 Å². The number of aromatic nitrogens is 1. The van der Waals surface area contributed by atoms with Gasteiger partial charge in [0, 0.05) is 27.1 Å². The van der Waals surface area contributed by atoms with Gasteiger partial charge < -0.3 is 14.5 Å². The van der Waals surface area contributed by atoms with E-state index in [-0.39, 0.29) is 19.0 Å². The van der Waals surface area contributed by atoms with Crippen molar-refractivity contribution in [2.75, 3.05) is 13.2 Å². The molecule has 0 fully saturated rings. The maximum Gasteiger partial charge on any atom is 0.344 e. The number of rotatable bonds is 6. The summed E-state index contributed by atoms with van der Waals surface area (Å²) in [6, 6.07) is 14.5. The molecule has 1 N–H and O–H groups in total. The number of ketones is 1. The van der Waals surface area contributed by atoms with Crippen LogP contribution in [0, 0.1) is 0 Å². The Morgan fingerprint density at radius 3 is 2.54 bits per heavy atom. The van der Waals surface area contributed by atoms with Crippen LogP contribution in [0.1, 0.15) is 10.4 Å². The highest BCUT2D eigenvalue weighted by molar-refractivity contribution is 9.10. The van der Waals surface area contributed by atoms with Crippen LogP contribution >= 0.6 is 15.9 Å². The Labute approximate surface area is 146 Å². The van der Waals surface area contributed by atoms with Gasteiger partial charge in [-0.1, -0.05) is 34.1 Å². The van der Waals surface area contributed by atoms with E-state index in [2.05, 4.69) is 20.9 Å². The highest BCUT2D eigenvalue weighted by atomic mass is 79.9. The fourth-order valence-corrected chi connectivity index (χ4v) is 2.51. The van der Waals surface area contributed by atoms with Gasteiger partial charge in [-0.2, -0.15) is 0 Å². The number of esters is 1. The van der Waals surface area contributed by atoms with Gasteiger partial charge in [-0.25, -0.2) is 4.79 Å². The summed E-state index contributed by atoms with van der Waals surface area (Å²) < 4.78 is 11.2. The molecule has 3 aromatic rings. The van der Waals surface area contributed by atoms with Crippen LogP contribution < -0.4 is 4.74 Å². The Morgan fingerprint density at radius 2 is 1.75 bits per heavy atom. The topological polar surface area (TPSA) is 68.4 Å². The van der Waals surface area contributed by atoms with Crippen molar-refractivity contribution in [3.63, 3.8) is 0 Å². The minimum Gasteiger partial charge on any atom is -0.482 e. The third kappa shape index (κ3) is 3.83. The molecule has 0 aliphatic rings. The van der Waals surface area contributed by atoms with Crippen molar-refractivity contribution in [3.8, 4) is 5.75 Å². The lowest BCUT2D eigenvalue weighted by atomic mass is 10.1. The molecule has 6 heteroatoms. The molecule has 3 rings (SSSR count). The number of H-pyrrole nitrogens is 1. The summed E-state index contributed by atoms with van der Waals surface area (Å²) in [6.07, 6.45) is 1.62. The Kier molecular flexibility index (Phi) is 4.96. The first kappa shape index (κ1) is 16.3. The number of fused-ring (bicyclic) bond motifs is 1. The monoisotopic (exact) mass is 387 g/mol. The third-order valence-corrected chi connectivity index (χ3v) is 3.95. The second-order valence-corrected chi connectivity index (χ2v) is 5.99. The number of ether oxygens (including phenoxy) is 2. The van der Waals surface area contributed by atoms with Crippen LogP contribution in [0.4, 0.5) is 0 Å². The van der Waals surface area contributed by atoms with E-state index in [1.54, 1.807) is 30.5 Å². The molecule has 0 aliphatic heterocycles. The summed E-state index contributed by atoms with van der Waals surface area (Å²) in [5.74, 6) is -0.298. The average Bonchev–Trinajstić information content (AvgIpc) is 3.03. The number of benzene rings is 2. The van der Waals surface area contributed by atoms with Gasteiger partial charge in [0.25, 0.3) is 0 Å². The Morgan fingerprint density at radius 1 is 1.00 bits per heavy atom. The molecule has 0 bridgehead atoms. The SMILES string of the molecule is O=C(COc1ccc(Br)cc1)OCC(=O)c1c[nH]c2ccccc12. The highest BCUT2D eigenvalue weighted by Gasteiger charge is 2.14. The predicted molar refractivity (Wildman–Crippen MR) is 93.2 cm³/mol. The molecule has 0 atom stereocenters. The second-order valence-electron chi connectivity index (χ2n) is 5.07. The average molecular weight is 388 g/mol. The minimum atomic E-state index is -0.592. The fraction of sp³-hybridized carbons (Fsp3) is 0.111. The van der Waals surface area contributed by atoms with Crippen molar-refractivity contribution in [1.82, 2.24) is 4.98 Å². The molecule has 0 saturated heterocycles. The van der Waals surface area contributed by atoms with Gasteiger partial charge in [-0.05, 0) is 30.3 Å². The molecule has 0 amide bonds. The molecule has 0 unspecified atom stereocenters. The molecule has 122 valence electrons. The lowest BCUT2D eigenvalue weighted by Crippen LogP contribution is -2.19. The van der Waals surface area contributed by atoms with Crippen LogP contribution in [0.25, 0.3) is 10.9 Å². The number of para-hydroxylation sites is 1. The first-order valence-corrected chi connectivity index (χ1v) is 8.06. The second kappa shape index (κ2) is 7.31. The number of aromatic amines is 1. The van der Waals surface area contributed by atoms with Crippen LogP contribution in [-0.4, -0.2) is 30.0 Å².